The van der Waals surface area contributed by atoms with Crippen molar-refractivity contribution < 1.29 is 19.0 Å². The number of benzene rings is 2. The van der Waals surface area contributed by atoms with Gasteiger partial charge in [-0.05, 0) is 30.5 Å². The first-order chi connectivity index (χ1) is 13.6. The van der Waals surface area contributed by atoms with Gasteiger partial charge in [0.05, 0.1) is 21.3 Å². The van der Waals surface area contributed by atoms with E-state index in [9.17, 15) is 4.79 Å². The van der Waals surface area contributed by atoms with Crippen LogP contribution in [0, 0.1) is 0 Å². The molecule has 0 aliphatic carbocycles. The Morgan fingerprint density at radius 1 is 0.929 bits per heavy atom. The standard InChI is InChI=1S/C22H28N2O4/c1-26-19-9-7-16(8-10-19)17-6-4-5-11-24(15-17)22(25)23-18-12-20(27-2)14-21(13-18)28-3/h7-10,12-14,17H,4-6,11,15H2,1-3H3,(H,23,25). The third kappa shape index (κ3) is 4.88. The van der Waals surface area contributed by atoms with Gasteiger partial charge < -0.3 is 24.4 Å². The van der Waals surface area contributed by atoms with E-state index in [2.05, 4.69) is 17.4 Å². The van der Waals surface area contributed by atoms with E-state index in [0.717, 1.165) is 31.6 Å². The fourth-order valence-electron chi connectivity index (χ4n) is 3.56. The average Bonchev–Trinajstić information content (AvgIpc) is 3.00. The molecule has 1 heterocycles. The van der Waals surface area contributed by atoms with E-state index >= 15 is 0 Å². The Hall–Kier alpha value is -2.89. The van der Waals surface area contributed by atoms with Crippen LogP contribution in [0.25, 0.3) is 0 Å². The molecule has 6 heteroatoms. The molecule has 2 aromatic carbocycles. The number of nitrogens with zero attached hydrogens (tertiary/aromatic N) is 1. The van der Waals surface area contributed by atoms with Gasteiger partial charge in [0, 0.05) is 42.9 Å². The number of ether oxygens (including phenoxy) is 3. The van der Waals surface area contributed by atoms with Crippen LogP contribution in [0.5, 0.6) is 17.2 Å². The summed E-state index contributed by atoms with van der Waals surface area (Å²) in [5, 5.41) is 2.99. The van der Waals surface area contributed by atoms with Crippen molar-refractivity contribution in [2.75, 3.05) is 39.7 Å². The summed E-state index contributed by atoms with van der Waals surface area (Å²) in [6, 6.07) is 13.4. The maximum atomic E-state index is 12.9. The summed E-state index contributed by atoms with van der Waals surface area (Å²) < 4.78 is 15.8. The van der Waals surface area contributed by atoms with E-state index in [1.807, 2.05) is 17.0 Å². The van der Waals surface area contributed by atoms with Crippen molar-refractivity contribution in [3.8, 4) is 17.2 Å². The molecule has 0 spiro atoms. The Morgan fingerprint density at radius 3 is 2.18 bits per heavy atom. The zero-order chi connectivity index (χ0) is 19.9. The van der Waals surface area contributed by atoms with E-state index in [1.165, 1.54) is 5.56 Å². The molecule has 1 saturated heterocycles. The van der Waals surface area contributed by atoms with Crippen molar-refractivity contribution in [3.05, 3.63) is 48.0 Å². The summed E-state index contributed by atoms with van der Waals surface area (Å²) in [5.41, 5.74) is 1.90. The van der Waals surface area contributed by atoms with E-state index in [4.69, 9.17) is 14.2 Å². The molecule has 1 aliphatic rings. The number of rotatable bonds is 5. The van der Waals surface area contributed by atoms with Gasteiger partial charge in [0.2, 0.25) is 0 Å². The SMILES string of the molecule is COc1ccc(C2CCCCN(C(=O)Nc3cc(OC)cc(OC)c3)C2)cc1. The number of anilines is 1. The third-order valence-corrected chi connectivity index (χ3v) is 5.15. The smallest absolute Gasteiger partial charge is 0.321 e. The summed E-state index contributed by atoms with van der Waals surface area (Å²) >= 11 is 0. The number of methoxy groups -OCH3 is 3. The molecule has 3 rings (SSSR count). The number of nitrogens with one attached hydrogen (secondary N) is 1. The van der Waals surface area contributed by atoms with Gasteiger partial charge in [-0.3, -0.25) is 0 Å². The third-order valence-electron chi connectivity index (χ3n) is 5.15. The topological polar surface area (TPSA) is 60.0 Å². The lowest BCUT2D eigenvalue weighted by Crippen LogP contribution is -2.37. The fraction of sp³-hybridized carbons (Fsp3) is 0.409. The van der Waals surface area contributed by atoms with Crippen molar-refractivity contribution in [1.29, 1.82) is 0 Å². The lowest BCUT2D eigenvalue weighted by atomic mass is 9.94. The minimum absolute atomic E-state index is 0.101. The molecule has 0 saturated carbocycles. The first-order valence-electron chi connectivity index (χ1n) is 9.56. The first kappa shape index (κ1) is 19.9. The molecule has 1 aliphatic heterocycles. The minimum Gasteiger partial charge on any atom is -0.497 e. The molecule has 0 radical (unpaired) electrons. The molecular weight excluding hydrogens is 356 g/mol. The second-order valence-corrected chi connectivity index (χ2v) is 6.94. The summed E-state index contributed by atoms with van der Waals surface area (Å²) in [7, 11) is 4.85. The number of amides is 2. The molecule has 1 atom stereocenters. The lowest BCUT2D eigenvalue weighted by Gasteiger charge is -2.25. The highest BCUT2D eigenvalue weighted by atomic mass is 16.5. The Labute approximate surface area is 166 Å². The van der Waals surface area contributed by atoms with Crippen LogP contribution in [0.1, 0.15) is 30.7 Å². The van der Waals surface area contributed by atoms with Gasteiger partial charge in [0.25, 0.3) is 0 Å². The van der Waals surface area contributed by atoms with Crippen LogP contribution in [0.15, 0.2) is 42.5 Å². The molecule has 0 bridgehead atoms. The molecule has 1 unspecified atom stereocenters. The number of hydrogen-bond donors (Lipinski definition) is 1. The van der Waals surface area contributed by atoms with Crippen LogP contribution in [0.3, 0.4) is 0 Å². The van der Waals surface area contributed by atoms with E-state index < -0.39 is 0 Å². The van der Waals surface area contributed by atoms with Crippen molar-refractivity contribution in [2.45, 2.75) is 25.2 Å². The highest BCUT2D eigenvalue weighted by Crippen LogP contribution is 2.29. The number of urea groups is 1. The Kier molecular flexibility index (Phi) is 6.63. The number of carbonyl (C=O) groups excluding carboxylic acids is 1. The van der Waals surface area contributed by atoms with E-state index in [-0.39, 0.29) is 6.03 Å². The lowest BCUT2D eigenvalue weighted by molar-refractivity contribution is 0.211. The maximum Gasteiger partial charge on any atom is 0.321 e. The van der Waals surface area contributed by atoms with Crippen LogP contribution in [0.4, 0.5) is 10.5 Å². The minimum atomic E-state index is -0.101. The van der Waals surface area contributed by atoms with Crippen LogP contribution >= 0.6 is 0 Å². The zero-order valence-corrected chi connectivity index (χ0v) is 16.7. The molecule has 1 N–H and O–H groups in total. The normalized spacial score (nSPS) is 16.8. The van der Waals surface area contributed by atoms with Crippen molar-refractivity contribution in [3.63, 3.8) is 0 Å². The van der Waals surface area contributed by atoms with Crippen LogP contribution < -0.4 is 19.5 Å². The van der Waals surface area contributed by atoms with E-state index in [1.54, 1.807) is 39.5 Å². The molecule has 28 heavy (non-hydrogen) atoms. The van der Waals surface area contributed by atoms with Crippen LogP contribution in [-0.2, 0) is 0 Å². The average molecular weight is 384 g/mol. The largest absolute Gasteiger partial charge is 0.497 e. The van der Waals surface area contributed by atoms with Gasteiger partial charge in [-0.25, -0.2) is 4.79 Å². The summed E-state index contributed by atoms with van der Waals surface area (Å²) in [4.78, 5) is 14.8. The number of carbonyl (C=O) groups is 1. The number of likely N-dealkylation sites (tertiary alicyclic amines) is 1. The maximum absolute atomic E-state index is 12.9. The highest BCUT2D eigenvalue weighted by Gasteiger charge is 2.23. The Morgan fingerprint density at radius 2 is 1.57 bits per heavy atom. The van der Waals surface area contributed by atoms with Gasteiger partial charge in [0.1, 0.15) is 17.2 Å². The predicted octanol–water partition coefficient (Wildman–Crippen LogP) is 4.51. The van der Waals surface area contributed by atoms with Crippen molar-refractivity contribution in [1.82, 2.24) is 4.90 Å². The molecule has 0 aromatic heterocycles. The van der Waals surface area contributed by atoms with E-state index in [0.29, 0.717) is 29.6 Å². The molecule has 2 amide bonds. The summed E-state index contributed by atoms with van der Waals surface area (Å²) in [6.45, 7) is 1.44. The second-order valence-electron chi connectivity index (χ2n) is 6.94. The quantitative estimate of drug-likeness (QED) is 0.824. The Balaban J connectivity index is 1.71. The highest BCUT2D eigenvalue weighted by molar-refractivity contribution is 5.90. The number of hydrogen-bond acceptors (Lipinski definition) is 4. The van der Waals surface area contributed by atoms with Gasteiger partial charge in [-0.1, -0.05) is 18.6 Å². The second kappa shape index (κ2) is 9.35. The first-order valence-corrected chi connectivity index (χ1v) is 9.56. The van der Waals surface area contributed by atoms with Gasteiger partial charge in [-0.15, -0.1) is 0 Å². The molecule has 6 nitrogen and oxygen atoms in total. The predicted molar refractivity (Wildman–Crippen MR) is 110 cm³/mol. The van der Waals surface area contributed by atoms with Crippen molar-refractivity contribution >= 4 is 11.7 Å². The summed E-state index contributed by atoms with van der Waals surface area (Å²) in [5.74, 6) is 2.45. The monoisotopic (exact) mass is 384 g/mol. The molecule has 1 fully saturated rings. The zero-order valence-electron chi connectivity index (χ0n) is 16.7. The molecule has 2 aromatic rings. The van der Waals surface area contributed by atoms with Gasteiger partial charge in [0.15, 0.2) is 0 Å². The molecule has 150 valence electrons. The van der Waals surface area contributed by atoms with Crippen molar-refractivity contribution in [2.24, 2.45) is 0 Å². The van der Waals surface area contributed by atoms with Crippen LogP contribution in [0.2, 0.25) is 0 Å². The summed E-state index contributed by atoms with van der Waals surface area (Å²) in [6.07, 6.45) is 3.18. The van der Waals surface area contributed by atoms with Crippen LogP contribution in [-0.4, -0.2) is 45.3 Å². The fourth-order valence-corrected chi connectivity index (χ4v) is 3.56. The van der Waals surface area contributed by atoms with Gasteiger partial charge >= 0.3 is 6.03 Å². The Bertz CT molecular complexity index is 769. The molecular formula is C22H28N2O4. The van der Waals surface area contributed by atoms with Gasteiger partial charge in [-0.2, -0.15) is 0 Å².